The molecule has 1 unspecified atom stereocenters. The fourth-order valence-corrected chi connectivity index (χ4v) is 2.17. The molecule has 0 aromatic heterocycles. The van der Waals surface area contributed by atoms with Gasteiger partial charge in [-0.05, 0) is 19.3 Å². The highest BCUT2D eigenvalue weighted by molar-refractivity contribution is 5.82. The van der Waals surface area contributed by atoms with Gasteiger partial charge in [-0.1, -0.05) is 26.2 Å². The molecule has 0 aliphatic heterocycles. The molecule has 1 atom stereocenters. The van der Waals surface area contributed by atoms with Gasteiger partial charge in [0.1, 0.15) is 6.04 Å². The minimum absolute atomic E-state index is 0.320. The lowest BCUT2D eigenvalue weighted by Gasteiger charge is -2.22. The van der Waals surface area contributed by atoms with Crippen LogP contribution >= 0.6 is 0 Å². The van der Waals surface area contributed by atoms with Crippen LogP contribution in [0.3, 0.4) is 0 Å². The van der Waals surface area contributed by atoms with Crippen molar-refractivity contribution in [2.45, 2.75) is 57.6 Å². The Morgan fingerprint density at radius 2 is 2.00 bits per heavy atom. The summed E-state index contributed by atoms with van der Waals surface area (Å²) in [6, 6.07) is -1.29. The third-order valence-corrected chi connectivity index (χ3v) is 3.31. The van der Waals surface area contributed by atoms with Gasteiger partial charge in [0.2, 0.25) is 0 Å². The van der Waals surface area contributed by atoms with Gasteiger partial charge < -0.3 is 20.5 Å². The van der Waals surface area contributed by atoms with Gasteiger partial charge in [-0.3, -0.25) is 0 Å². The van der Waals surface area contributed by atoms with Crippen LogP contribution in [0.2, 0.25) is 0 Å². The highest BCUT2D eigenvalue weighted by Gasteiger charge is 2.17. The zero-order valence-electron chi connectivity index (χ0n) is 11.5. The summed E-state index contributed by atoms with van der Waals surface area (Å²) in [4.78, 5) is 22.2. The summed E-state index contributed by atoms with van der Waals surface area (Å²) in [6.07, 6.45) is 6.60. The topological polar surface area (TPSA) is 87.7 Å². The summed E-state index contributed by atoms with van der Waals surface area (Å²) in [5.74, 6) is -1.02. The van der Waals surface area contributed by atoms with Crippen molar-refractivity contribution in [1.82, 2.24) is 10.6 Å². The summed E-state index contributed by atoms with van der Waals surface area (Å²) in [5.41, 5.74) is 0. The maximum atomic E-state index is 11.4. The van der Waals surface area contributed by atoms with Crippen LogP contribution in [-0.2, 0) is 9.53 Å². The van der Waals surface area contributed by atoms with E-state index in [4.69, 9.17) is 9.84 Å². The molecule has 0 aromatic carbocycles. The monoisotopic (exact) mass is 272 g/mol. The van der Waals surface area contributed by atoms with Crippen molar-refractivity contribution < 1.29 is 19.4 Å². The molecule has 6 heteroatoms. The zero-order chi connectivity index (χ0) is 14.1. The maximum absolute atomic E-state index is 11.4. The van der Waals surface area contributed by atoms with E-state index >= 15 is 0 Å². The Bertz CT molecular complexity index is 290. The Kier molecular flexibility index (Phi) is 7.25. The van der Waals surface area contributed by atoms with Crippen LogP contribution in [0, 0.1) is 0 Å². The smallest absolute Gasteiger partial charge is 0.326 e. The van der Waals surface area contributed by atoms with Crippen LogP contribution in [0.25, 0.3) is 0 Å². The van der Waals surface area contributed by atoms with Gasteiger partial charge in [0.05, 0.1) is 12.7 Å². The van der Waals surface area contributed by atoms with Gasteiger partial charge in [0.25, 0.3) is 0 Å². The van der Waals surface area contributed by atoms with Crippen molar-refractivity contribution >= 4 is 12.0 Å². The van der Waals surface area contributed by atoms with E-state index in [-0.39, 0.29) is 0 Å². The Morgan fingerprint density at radius 1 is 1.32 bits per heavy atom. The molecule has 110 valence electrons. The van der Waals surface area contributed by atoms with E-state index in [1.165, 1.54) is 19.3 Å². The first kappa shape index (κ1) is 15.8. The van der Waals surface area contributed by atoms with Gasteiger partial charge >= 0.3 is 12.0 Å². The van der Waals surface area contributed by atoms with E-state index in [0.29, 0.717) is 25.7 Å². The van der Waals surface area contributed by atoms with Crippen molar-refractivity contribution in [1.29, 1.82) is 0 Å². The van der Waals surface area contributed by atoms with Gasteiger partial charge in [-0.15, -0.1) is 0 Å². The average Bonchev–Trinajstić information content (AvgIpc) is 2.42. The quantitative estimate of drug-likeness (QED) is 0.613. The standard InChI is InChI=1S/C13H24N2O4/c1-2-11(12(16)17)15-13(18)14-8-9-19-10-6-4-3-5-7-10/h10-11H,2-9H2,1H3,(H,16,17)(H2,14,15,18). The molecular weight excluding hydrogens is 248 g/mol. The number of ether oxygens (including phenoxy) is 1. The second-order valence-corrected chi connectivity index (χ2v) is 4.83. The molecule has 1 fully saturated rings. The Hall–Kier alpha value is -1.30. The average molecular weight is 272 g/mol. The molecule has 0 aromatic rings. The number of amides is 2. The van der Waals surface area contributed by atoms with E-state index in [2.05, 4.69) is 10.6 Å². The molecule has 0 heterocycles. The minimum atomic E-state index is -1.02. The molecule has 0 saturated heterocycles. The molecule has 3 N–H and O–H groups in total. The van der Waals surface area contributed by atoms with Crippen molar-refractivity contribution in [3.05, 3.63) is 0 Å². The summed E-state index contributed by atoms with van der Waals surface area (Å²) < 4.78 is 5.65. The molecular formula is C13H24N2O4. The molecule has 1 saturated carbocycles. The molecule has 2 amide bonds. The van der Waals surface area contributed by atoms with Crippen LogP contribution in [0.1, 0.15) is 45.4 Å². The molecule has 1 aliphatic rings. The number of hydrogen-bond donors (Lipinski definition) is 3. The van der Waals surface area contributed by atoms with E-state index in [9.17, 15) is 9.59 Å². The Balaban J connectivity index is 2.07. The molecule has 19 heavy (non-hydrogen) atoms. The van der Waals surface area contributed by atoms with Crippen LogP contribution in [-0.4, -0.2) is 42.4 Å². The van der Waals surface area contributed by atoms with Gasteiger partial charge in [0.15, 0.2) is 0 Å². The third kappa shape index (κ3) is 6.42. The second-order valence-electron chi connectivity index (χ2n) is 4.83. The fourth-order valence-electron chi connectivity index (χ4n) is 2.17. The molecule has 0 radical (unpaired) electrons. The maximum Gasteiger partial charge on any atom is 0.326 e. The predicted octanol–water partition coefficient (Wildman–Crippen LogP) is 1.50. The van der Waals surface area contributed by atoms with Crippen LogP contribution < -0.4 is 10.6 Å². The lowest BCUT2D eigenvalue weighted by molar-refractivity contribution is -0.139. The molecule has 1 aliphatic carbocycles. The Labute approximate surface area is 113 Å². The van der Waals surface area contributed by atoms with Gasteiger partial charge in [0, 0.05) is 6.54 Å². The molecule has 0 bridgehead atoms. The van der Waals surface area contributed by atoms with Crippen molar-refractivity contribution in [3.8, 4) is 0 Å². The number of aliphatic carboxylic acids is 1. The SMILES string of the molecule is CCC(NC(=O)NCCOC1CCCCC1)C(=O)O. The normalized spacial score (nSPS) is 17.7. The van der Waals surface area contributed by atoms with Gasteiger partial charge in [-0.25, -0.2) is 9.59 Å². The third-order valence-electron chi connectivity index (χ3n) is 3.31. The summed E-state index contributed by atoms with van der Waals surface area (Å²) in [5, 5.41) is 13.8. The predicted molar refractivity (Wildman–Crippen MR) is 71.1 cm³/mol. The second kappa shape index (κ2) is 8.74. The highest BCUT2D eigenvalue weighted by atomic mass is 16.5. The zero-order valence-corrected chi connectivity index (χ0v) is 11.5. The fraction of sp³-hybridized carbons (Fsp3) is 0.846. The number of carbonyl (C=O) groups is 2. The number of carbonyl (C=O) groups excluding carboxylic acids is 1. The number of carboxylic acid groups (broad SMARTS) is 1. The number of urea groups is 1. The summed E-state index contributed by atoms with van der Waals surface area (Å²) in [6.45, 7) is 2.59. The summed E-state index contributed by atoms with van der Waals surface area (Å²) >= 11 is 0. The number of carboxylic acids is 1. The van der Waals surface area contributed by atoms with Crippen LogP contribution in [0.4, 0.5) is 4.79 Å². The van der Waals surface area contributed by atoms with E-state index in [1.807, 2.05) is 0 Å². The largest absolute Gasteiger partial charge is 0.480 e. The van der Waals surface area contributed by atoms with Crippen molar-refractivity contribution in [2.24, 2.45) is 0 Å². The molecule has 0 spiro atoms. The van der Waals surface area contributed by atoms with Crippen LogP contribution in [0.15, 0.2) is 0 Å². The van der Waals surface area contributed by atoms with Crippen LogP contribution in [0.5, 0.6) is 0 Å². The number of nitrogens with one attached hydrogen (secondary N) is 2. The minimum Gasteiger partial charge on any atom is -0.480 e. The molecule has 1 rings (SSSR count). The van der Waals surface area contributed by atoms with E-state index in [0.717, 1.165) is 12.8 Å². The first-order valence-corrected chi connectivity index (χ1v) is 7.02. The van der Waals surface area contributed by atoms with Gasteiger partial charge in [-0.2, -0.15) is 0 Å². The van der Waals surface area contributed by atoms with E-state index in [1.54, 1.807) is 6.92 Å². The lowest BCUT2D eigenvalue weighted by atomic mass is 9.98. The van der Waals surface area contributed by atoms with E-state index < -0.39 is 18.0 Å². The first-order valence-electron chi connectivity index (χ1n) is 7.02. The van der Waals surface area contributed by atoms with Crippen molar-refractivity contribution in [3.63, 3.8) is 0 Å². The number of rotatable bonds is 7. The first-order chi connectivity index (χ1) is 9.13. The molecule has 6 nitrogen and oxygen atoms in total. The number of hydrogen-bond acceptors (Lipinski definition) is 3. The Morgan fingerprint density at radius 3 is 2.58 bits per heavy atom. The van der Waals surface area contributed by atoms with Crippen molar-refractivity contribution in [2.75, 3.05) is 13.2 Å². The highest BCUT2D eigenvalue weighted by Crippen LogP contribution is 2.19. The summed E-state index contributed by atoms with van der Waals surface area (Å²) in [7, 11) is 0. The lowest BCUT2D eigenvalue weighted by Crippen LogP contribution is -2.46.